The predicted octanol–water partition coefficient (Wildman–Crippen LogP) is 1.55. The summed E-state index contributed by atoms with van der Waals surface area (Å²) in [5.74, 6) is -1.03. The van der Waals surface area contributed by atoms with Crippen LogP contribution in [-0.2, 0) is 16.0 Å². The van der Waals surface area contributed by atoms with E-state index in [9.17, 15) is 14.7 Å². The molecule has 0 bridgehead atoms. The largest absolute Gasteiger partial charge is 0.508 e. The third kappa shape index (κ3) is 5.42. The van der Waals surface area contributed by atoms with Gasteiger partial charge in [0.1, 0.15) is 5.75 Å². The van der Waals surface area contributed by atoms with E-state index in [4.69, 9.17) is 5.11 Å². The molecule has 0 saturated carbocycles. The molecular formula is C14H19NO4. The number of hydrogen-bond acceptors (Lipinski definition) is 3. The number of aromatic hydroxyl groups is 1. The number of benzene rings is 1. The first kappa shape index (κ1) is 15.0. The number of rotatable bonds is 6. The summed E-state index contributed by atoms with van der Waals surface area (Å²) in [4.78, 5) is 22.5. The smallest absolute Gasteiger partial charge is 0.305 e. The third-order valence-corrected chi connectivity index (χ3v) is 2.82. The van der Waals surface area contributed by atoms with Crippen LogP contribution in [0, 0.1) is 5.92 Å². The van der Waals surface area contributed by atoms with Crippen molar-refractivity contribution < 1.29 is 19.8 Å². The molecule has 0 radical (unpaired) electrons. The Morgan fingerprint density at radius 3 is 2.53 bits per heavy atom. The van der Waals surface area contributed by atoms with E-state index in [1.165, 1.54) is 12.1 Å². The number of amides is 1. The van der Waals surface area contributed by atoms with Crippen LogP contribution < -0.4 is 5.32 Å². The van der Waals surface area contributed by atoms with E-state index in [0.29, 0.717) is 5.56 Å². The van der Waals surface area contributed by atoms with E-state index in [0.717, 1.165) is 0 Å². The second-order valence-electron chi connectivity index (χ2n) is 4.86. The van der Waals surface area contributed by atoms with E-state index >= 15 is 0 Å². The van der Waals surface area contributed by atoms with Crippen molar-refractivity contribution in [2.24, 2.45) is 5.92 Å². The molecule has 5 nitrogen and oxygen atoms in total. The van der Waals surface area contributed by atoms with Crippen LogP contribution in [0.5, 0.6) is 5.75 Å². The van der Waals surface area contributed by atoms with Crippen LogP contribution in [0.25, 0.3) is 0 Å². The average molecular weight is 265 g/mol. The van der Waals surface area contributed by atoms with Crippen LogP contribution in [0.2, 0.25) is 0 Å². The standard InChI is InChI=1S/C14H19NO4/c1-9(2)12(8-14(18)19)15-13(17)7-10-4-3-5-11(16)6-10/h3-6,9,12,16H,7-8H2,1-2H3,(H,15,17)(H,18,19). The number of carbonyl (C=O) groups is 2. The lowest BCUT2D eigenvalue weighted by atomic mass is 10.0. The fourth-order valence-corrected chi connectivity index (χ4v) is 1.75. The van der Waals surface area contributed by atoms with Gasteiger partial charge in [0.05, 0.1) is 12.8 Å². The Morgan fingerprint density at radius 1 is 1.32 bits per heavy atom. The van der Waals surface area contributed by atoms with Crippen LogP contribution >= 0.6 is 0 Å². The zero-order chi connectivity index (χ0) is 14.4. The Hall–Kier alpha value is -2.04. The molecule has 19 heavy (non-hydrogen) atoms. The second kappa shape index (κ2) is 6.78. The van der Waals surface area contributed by atoms with Gasteiger partial charge >= 0.3 is 5.97 Å². The van der Waals surface area contributed by atoms with Crippen molar-refractivity contribution in [3.05, 3.63) is 29.8 Å². The van der Waals surface area contributed by atoms with E-state index in [-0.39, 0.29) is 36.5 Å². The number of phenolic OH excluding ortho intramolecular Hbond substituents is 1. The quantitative estimate of drug-likeness (QED) is 0.728. The number of carbonyl (C=O) groups excluding carboxylic acids is 1. The van der Waals surface area contributed by atoms with Gasteiger partial charge in [0.2, 0.25) is 5.91 Å². The molecule has 104 valence electrons. The first-order chi connectivity index (χ1) is 8.88. The molecule has 0 aliphatic carbocycles. The minimum Gasteiger partial charge on any atom is -0.508 e. The molecule has 0 saturated heterocycles. The highest BCUT2D eigenvalue weighted by molar-refractivity contribution is 5.79. The summed E-state index contributed by atoms with van der Waals surface area (Å²) < 4.78 is 0. The first-order valence-corrected chi connectivity index (χ1v) is 6.17. The molecule has 5 heteroatoms. The van der Waals surface area contributed by atoms with Gasteiger partial charge in [-0.1, -0.05) is 26.0 Å². The molecular weight excluding hydrogens is 246 g/mol. The lowest BCUT2D eigenvalue weighted by Gasteiger charge is -2.20. The Labute approximate surface area is 112 Å². The number of carboxylic acid groups (broad SMARTS) is 1. The zero-order valence-corrected chi connectivity index (χ0v) is 11.1. The Kier molecular flexibility index (Phi) is 5.36. The van der Waals surface area contributed by atoms with Gasteiger partial charge in [0, 0.05) is 6.04 Å². The average Bonchev–Trinajstić information content (AvgIpc) is 2.27. The number of phenols is 1. The summed E-state index contributed by atoms with van der Waals surface area (Å²) in [7, 11) is 0. The van der Waals surface area contributed by atoms with Gasteiger partial charge in [-0.15, -0.1) is 0 Å². The van der Waals surface area contributed by atoms with Crippen molar-refractivity contribution in [3.8, 4) is 5.75 Å². The van der Waals surface area contributed by atoms with Crippen LogP contribution in [0.15, 0.2) is 24.3 Å². The fourth-order valence-electron chi connectivity index (χ4n) is 1.75. The molecule has 1 unspecified atom stereocenters. The maximum absolute atomic E-state index is 11.8. The molecule has 1 aromatic carbocycles. The minimum atomic E-state index is -0.934. The summed E-state index contributed by atoms with van der Waals surface area (Å²) in [5, 5.41) is 20.8. The predicted molar refractivity (Wildman–Crippen MR) is 70.8 cm³/mol. The number of aliphatic carboxylic acids is 1. The molecule has 1 rings (SSSR count). The zero-order valence-electron chi connectivity index (χ0n) is 11.1. The molecule has 0 aliphatic heterocycles. The van der Waals surface area contributed by atoms with Gasteiger partial charge in [-0.05, 0) is 23.6 Å². The molecule has 1 aromatic rings. The van der Waals surface area contributed by atoms with Crippen molar-refractivity contribution >= 4 is 11.9 Å². The highest BCUT2D eigenvalue weighted by Crippen LogP contribution is 2.12. The highest BCUT2D eigenvalue weighted by atomic mass is 16.4. The van der Waals surface area contributed by atoms with E-state index in [2.05, 4.69) is 5.32 Å². The molecule has 0 aliphatic rings. The summed E-state index contributed by atoms with van der Waals surface area (Å²) in [5.41, 5.74) is 0.690. The topological polar surface area (TPSA) is 86.6 Å². The molecule has 1 atom stereocenters. The number of nitrogens with one attached hydrogen (secondary N) is 1. The number of carboxylic acids is 1. The molecule has 0 heterocycles. The SMILES string of the molecule is CC(C)C(CC(=O)O)NC(=O)Cc1cccc(O)c1. The van der Waals surface area contributed by atoms with Crippen molar-refractivity contribution in [1.82, 2.24) is 5.32 Å². The molecule has 0 spiro atoms. The van der Waals surface area contributed by atoms with Crippen LogP contribution in [0.1, 0.15) is 25.8 Å². The summed E-state index contributed by atoms with van der Waals surface area (Å²) in [6, 6.07) is 6.06. The van der Waals surface area contributed by atoms with Crippen LogP contribution in [0.3, 0.4) is 0 Å². The van der Waals surface area contributed by atoms with Gasteiger partial charge in [0.25, 0.3) is 0 Å². The Morgan fingerprint density at radius 2 is 2.00 bits per heavy atom. The maximum Gasteiger partial charge on any atom is 0.305 e. The van der Waals surface area contributed by atoms with Crippen molar-refractivity contribution in [2.45, 2.75) is 32.7 Å². The van der Waals surface area contributed by atoms with Gasteiger partial charge in [-0.3, -0.25) is 9.59 Å². The van der Waals surface area contributed by atoms with Crippen molar-refractivity contribution in [1.29, 1.82) is 0 Å². The first-order valence-electron chi connectivity index (χ1n) is 6.17. The lowest BCUT2D eigenvalue weighted by molar-refractivity contribution is -0.138. The van der Waals surface area contributed by atoms with E-state index in [1.807, 2.05) is 13.8 Å². The van der Waals surface area contributed by atoms with Gasteiger partial charge < -0.3 is 15.5 Å². The lowest BCUT2D eigenvalue weighted by Crippen LogP contribution is -2.40. The van der Waals surface area contributed by atoms with Gasteiger partial charge in [-0.2, -0.15) is 0 Å². The summed E-state index contributed by atoms with van der Waals surface area (Å²) in [6.45, 7) is 3.73. The summed E-state index contributed by atoms with van der Waals surface area (Å²) in [6.07, 6.45) is 0.0285. The van der Waals surface area contributed by atoms with Crippen molar-refractivity contribution in [2.75, 3.05) is 0 Å². The van der Waals surface area contributed by atoms with Gasteiger partial charge in [0.15, 0.2) is 0 Å². The third-order valence-electron chi connectivity index (χ3n) is 2.82. The fraction of sp³-hybridized carbons (Fsp3) is 0.429. The number of hydrogen-bond donors (Lipinski definition) is 3. The molecule has 3 N–H and O–H groups in total. The van der Waals surface area contributed by atoms with Crippen molar-refractivity contribution in [3.63, 3.8) is 0 Å². The molecule has 0 aromatic heterocycles. The summed E-state index contributed by atoms with van der Waals surface area (Å²) >= 11 is 0. The van der Waals surface area contributed by atoms with Crippen LogP contribution in [0.4, 0.5) is 0 Å². The van der Waals surface area contributed by atoms with E-state index < -0.39 is 5.97 Å². The highest BCUT2D eigenvalue weighted by Gasteiger charge is 2.19. The van der Waals surface area contributed by atoms with Gasteiger partial charge in [-0.25, -0.2) is 0 Å². The second-order valence-corrected chi connectivity index (χ2v) is 4.86. The van der Waals surface area contributed by atoms with Crippen LogP contribution in [-0.4, -0.2) is 28.1 Å². The Balaban J connectivity index is 2.60. The monoisotopic (exact) mass is 265 g/mol. The normalized spacial score (nSPS) is 12.2. The maximum atomic E-state index is 11.8. The van der Waals surface area contributed by atoms with E-state index in [1.54, 1.807) is 12.1 Å². The Bertz CT molecular complexity index is 457. The molecule has 1 amide bonds. The molecule has 0 fully saturated rings. The minimum absolute atomic E-state index is 0.0456.